The molecule has 22 heavy (non-hydrogen) atoms. The van der Waals surface area contributed by atoms with Crippen LogP contribution in [0.4, 0.5) is 0 Å². The first-order chi connectivity index (χ1) is 10.8. The van der Waals surface area contributed by atoms with Gasteiger partial charge in [-0.25, -0.2) is 4.98 Å². The van der Waals surface area contributed by atoms with Crippen LogP contribution in [0.2, 0.25) is 0 Å². The van der Waals surface area contributed by atoms with Gasteiger partial charge in [0.15, 0.2) is 4.34 Å². The van der Waals surface area contributed by atoms with Gasteiger partial charge in [-0.2, -0.15) is 0 Å². The number of benzene rings is 2. The highest BCUT2D eigenvalue weighted by Crippen LogP contribution is 2.29. The fourth-order valence-corrected chi connectivity index (χ4v) is 4.02. The van der Waals surface area contributed by atoms with E-state index in [2.05, 4.69) is 11.1 Å². The zero-order chi connectivity index (χ0) is 15.2. The Morgan fingerprint density at radius 3 is 2.68 bits per heavy atom. The number of aromatic nitrogens is 1. The number of hydrogen-bond donors (Lipinski definition) is 1. The van der Waals surface area contributed by atoms with Crippen LogP contribution >= 0.6 is 23.1 Å². The molecule has 3 rings (SSSR count). The molecule has 1 aromatic heterocycles. The molecular weight excluding hydrogens is 314 g/mol. The maximum atomic E-state index is 9.99. The van der Waals surface area contributed by atoms with E-state index in [4.69, 9.17) is 4.74 Å². The first-order valence-electron chi connectivity index (χ1n) is 7.09. The van der Waals surface area contributed by atoms with Crippen molar-refractivity contribution >= 4 is 33.3 Å². The number of ether oxygens (including phenoxy) is 1. The van der Waals surface area contributed by atoms with Gasteiger partial charge in [-0.15, -0.1) is 11.3 Å². The standard InChI is InChI=1S/C17H17NO2S2/c19-14(11-20-10-13-6-2-1-3-7-13)12-21-17-18-15-8-4-5-9-16(15)22-17/h1-9,14,19H,10-12H2/t14-/m0/s1. The second-order valence-electron chi connectivity index (χ2n) is 4.91. The summed E-state index contributed by atoms with van der Waals surface area (Å²) in [6.07, 6.45) is -0.485. The Hall–Kier alpha value is -1.40. The van der Waals surface area contributed by atoms with E-state index in [1.54, 1.807) is 23.1 Å². The number of hydrogen-bond acceptors (Lipinski definition) is 5. The van der Waals surface area contributed by atoms with Crippen LogP contribution in [0.25, 0.3) is 10.2 Å². The molecule has 0 amide bonds. The van der Waals surface area contributed by atoms with Gasteiger partial charge in [0.1, 0.15) is 0 Å². The molecule has 3 aromatic rings. The molecule has 0 aliphatic carbocycles. The van der Waals surface area contributed by atoms with Gasteiger partial charge in [0, 0.05) is 5.75 Å². The minimum atomic E-state index is -0.485. The average Bonchev–Trinajstić information content (AvgIpc) is 2.97. The lowest BCUT2D eigenvalue weighted by atomic mass is 10.2. The van der Waals surface area contributed by atoms with Gasteiger partial charge in [-0.1, -0.05) is 54.2 Å². The largest absolute Gasteiger partial charge is 0.390 e. The highest BCUT2D eigenvalue weighted by atomic mass is 32.2. The molecule has 114 valence electrons. The van der Waals surface area contributed by atoms with E-state index in [0.29, 0.717) is 19.0 Å². The summed E-state index contributed by atoms with van der Waals surface area (Å²) in [5.74, 6) is 0.592. The lowest BCUT2D eigenvalue weighted by molar-refractivity contribution is 0.0398. The number of rotatable bonds is 7. The first-order valence-corrected chi connectivity index (χ1v) is 8.89. The lowest BCUT2D eigenvalue weighted by Gasteiger charge is -2.10. The zero-order valence-electron chi connectivity index (χ0n) is 12.0. The van der Waals surface area contributed by atoms with Gasteiger partial charge in [0.05, 0.1) is 29.5 Å². The van der Waals surface area contributed by atoms with E-state index in [1.807, 2.05) is 48.5 Å². The van der Waals surface area contributed by atoms with Gasteiger partial charge in [-0.05, 0) is 17.7 Å². The van der Waals surface area contributed by atoms with Crippen molar-refractivity contribution in [1.82, 2.24) is 4.98 Å². The predicted molar refractivity (Wildman–Crippen MR) is 92.4 cm³/mol. The molecule has 1 heterocycles. The van der Waals surface area contributed by atoms with E-state index in [1.165, 1.54) is 4.70 Å². The Kier molecular flexibility index (Phi) is 5.45. The Balaban J connectivity index is 1.43. The van der Waals surface area contributed by atoms with Crippen LogP contribution in [0, 0.1) is 0 Å². The molecule has 0 bridgehead atoms. The van der Waals surface area contributed by atoms with Crippen LogP contribution in [0.5, 0.6) is 0 Å². The molecule has 0 radical (unpaired) electrons. The zero-order valence-corrected chi connectivity index (χ0v) is 13.6. The van der Waals surface area contributed by atoms with Crippen molar-refractivity contribution < 1.29 is 9.84 Å². The third kappa shape index (κ3) is 4.30. The van der Waals surface area contributed by atoms with Gasteiger partial charge in [0.2, 0.25) is 0 Å². The number of aliphatic hydroxyl groups is 1. The fraction of sp³-hybridized carbons (Fsp3) is 0.235. The van der Waals surface area contributed by atoms with Gasteiger partial charge in [-0.3, -0.25) is 0 Å². The summed E-state index contributed by atoms with van der Waals surface area (Å²) in [7, 11) is 0. The minimum absolute atomic E-state index is 0.340. The molecule has 2 aromatic carbocycles. The van der Waals surface area contributed by atoms with E-state index in [9.17, 15) is 5.11 Å². The molecule has 0 saturated carbocycles. The number of thiazole rings is 1. The highest BCUT2D eigenvalue weighted by Gasteiger charge is 2.09. The summed E-state index contributed by atoms with van der Waals surface area (Å²) in [5.41, 5.74) is 2.14. The monoisotopic (exact) mass is 331 g/mol. The Labute approximate surface area is 138 Å². The number of fused-ring (bicyclic) bond motifs is 1. The third-order valence-corrected chi connectivity index (χ3v) is 5.42. The van der Waals surface area contributed by atoms with Crippen molar-refractivity contribution in [2.45, 2.75) is 17.1 Å². The summed E-state index contributed by atoms with van der Waals surface area (Å²) < 4.78 is 7.72. The predicted octanol–water partition coefficient (Wildman–Crippen LogP) is 3.97. The van der Waals surface area contributed by atoms with Crippen molar-refractivity contribution in [3.05, 3.63) is 60.2 Å². The molecule has 5 heteroatoms. The Morgan fingerprint density at radius 1 is 1.09 bits per heavy atom. The maximum absolute atomic E-state index is 9.99. The number of thioether (sulfide) groups is 1. The van der Waals surface area contributed by atoms with Crippen LogP contribution in [0.1, 0.15) is 5.56 Å². The van der Waals surface area contributed by atoms with E-state index in [-0.39, 0.29) is 0 Å². The third-order valence-electron chi connectivity index (χ3n) is 3.10. The summed E-state index contributed by atoms with van der Waals surface area (Å²) in [6, 6.07) is 18.1. The van der Waals surface area contributed by atoms with Crippen LogP contribution in [0.15, 0.2) is 58.9 Å². The van der Waals surface area contributed by atoms with Crippen molar-refractivity contribution in [2.75, 3.05) is 12.4 Å². The number of nitrogens with zero attached hydrogens (tertiary/aromatic N) is 1. The molecule has 0 spiro atoms. The quantitative estimate of drug-likeness (QED) is 0.665. The van der Waals surface area contributed by atoms with Crippen molar-refractivity contribution in [3.63, 3.8) is 0 Å². The molecule has 0 unspecified atom stereocenters. The summed E-state index contributed by atoms with van der Waals surface area (Å²) in [6.45, 7) is 0.872. The van der Waals surface area contributed by atoms with E-state index < -0.39 is 6.10 Å². The summed E-state index contributed by atoms with van der Waals surface area (Å²) in [5, 5.41) is 9.99. The highest BCUT2D eigenvalue weighted by molar-refractivity contribution is 8.01. The molecule has 0 aliphatic heterocycles. The van der Waals surface area contributed by atoms with Gasteiger partial charge < -0.3 is 9.84 Å². The maximum Gasteiger partial charge on any atom is 0.151 e. The topological polar surface area (TPSA) is 42.4 Å². The molecule has 3 nitrogen and oxygen atoms in total. The Bertz CT molecular complexity index is 682. The van der Waals surface area contributed by atoms with Crippen LogP contribution in [-0.4, -0.2) is 28.6 Å². The minimum Gasteiger partial charge on any atom is -0.390 e. The van der Waals surface area contributed by atoms with E-state index in [0.717, 1.165) is 15.4 Å². The first kappa shape index (κ1) is 15.5. The Morgan fingerprint density at radius 2 is 1.86 bits per heavy atom. The SMILES string of the molecule is O[C@@H](COCc1ccccc1)CSc1nc2ccccc2s1. The normalized spacial score (nSPS) is 12.6. The van der Waals surface area contributed by atoms with Gasteiger partial charge >= 0.3 is 0 Å². The second kappa shape index (κ2) is 7.74. The second-order valence-corrected chi connectivity index (χ2v) is 7.21. The van der Waals surface area contributed by atoms with Gasteiger partial charge in [0.25, 0.3) is 0 Å². The average molecular weight is 331 g/mol. The van der Waals surface area contributed by atoms with Crippen LogP contribution in [0.3, 0.4) is 0 Å². The smallest absolute Gasteiger partial charge is 0.151 e. The number of aliphatic hydroxyl groups excluding tert-OH is 1. The fourth-order valence-electron chi connectivity index (χ4n) is 2.02. The lowest BCUT2D eigenvalue weighted by Crippen LogP contribution is -2.17. The molecular formula is C17H17NO2S2. The van der Waals surface area contributed by atoms with E-state index >= 15 is 0 Å². The van der Waals surface area contributed by atoms with Crippen LogP contribution < -0.4 is 0 Å². The van der Waals surface area contributed by atoms with Crippen LogP contribution in [-0.2, 0) is 11.3 Å². The van der Waals surface area contributed by atoms with Crippen molar-refractivity contribution in [3.8, 4) is 0 Å². The molecule has 0 saturated heterocycles. The van der Waals surface area contributed by atoms with Crippen molar-refractivity contribution in [2.24, 2.45) is 0 Å². The number of para-hydroxylation sites is 1. The summed E-state index contributed by atoms with van der Waals surface area (Å²) in [4.78, 5) is 4.54. The summed E-state index contributed by atoms with van der Waals surface area (Å²) >= 11 is 3.24. The molecule has 0 aliphatic rings. The molecule has 0 fully saturated rings. The molecule has 1 atom stereocenters. The molecule has 1 N–H and O–H groups in total. The van der Waals surface area contributed by atoms with Crippen molar-refractivity contribution in [1.29, 1.82) is 0 Å².